The maximum absolute atomic E-state index is 12.6. The number of halogens is 3. The van der Waals surface area contributed by atoms with Crippen LogP contribution in [0.25, 0.3) is 0 Å². The summed E-state index contributed by atoms with van der Waals surface area (Å²) in [5.41, 5.74) is 0. The third-order valence-corrected chi connectivity index (χ3v) is 3.62. The normalized spacial score (nSPS) is 30.7. The maximum atomic E-state index is 12.6. The topological polar surface area (TPSA) is 3.24 Å². The molecule has 2 aliphatic rings. The molecule has 1 saturated heterocycles. The number of alkyl halides is 3. The molecule has 0 N–H and O–H groups in total. The Hall–Kier alpha value is -0.250. The van der Waals surface area contributed by atoms with E-state index >= 15 is 0 Å². The molecule has 0 bridgehead atoms. The van der Waals surface area contributed by atoms with Crippen LogP contribution in [0, 0.1) is 17.8 Å². The number of hydrogen-bond donors (Lipinski definition) is 0. The molecule has 0 aromatic carbocycles. The lowest BCUT2D eigenvalue weighted by Crippen LogP contribution is -2.45. The number of likely N-dealkylation sites (tertiary alicyclic amines) is 1. The predicted molar refractivity (Wildman–Crippen MR) is 63.8 cm³/mol. The Morgan fingerprint density at radius 3 is 2.12 bits per heavy atom. The summed E-state index contributed by atoms with van der Waals surface area (Å²) in [6.45, 7) is 8.01. The number of piperidine rings is 1. The van der Waals surface area contributed by atoms with Crippen molar-refractivity contribution in [2.45, 2.75) is 46.2 Å². The first-order chi connectivity index (χ1) is 7.97. The molecule has 102 valence electrons. The highest BCUT2D eigenvalue weighted by atomic mass is 19.4. The molecule has 0 amide bonds. The Bertz CT molecular complexity index is 223. The highest BCUT2D eigenvalue weighted by Gasteiger charge is 2.45. The van der Waals surface area contributed by atoms with Crippen molar-refractivity contribution in [2.24, 2.45) is 17.8 Å². The summed E-state index contributed by atoms with van der Waals surface area (Å²) >= 11 is 0. The molecule has 0 spiro atoms. The Labute approximate surface area is 102 Å². The second-order valence-electron chi connectivity index (χ2n) is 5.12. The lowest BCUT2D eigenvalue weighted by Gasteiger charge is -2.37. The molecule has 2 unspecified atom stereocenters. The molecule has 1 heterocycles. The SMILES string of the molecule is CC.CC1CN(CC2CC2)CCC1C(F)(F)F. The van der Waals surface area contributed by atoms with E-state index in [1.807, 2.05) is 13.8 Å². The van der Waals surface area contributed by atoms with E-state index < -0.39 is 12.1 Å². The van der Waals surface area contributed by atoms with Crippen molar-refractivity contribution in [2.75, 3.05) is 19.6 Å². The Balaban J connectivity index is 0.000000686. The van der Waals surface area contributed by atoms with Crippen molar-refractivity contribution >= 4 is 0 Å². The van der Waals surface area contributed by atoms with Crippen LogP contribution in [0.15, 0.2) is 0 Å². The van der Waals surface area contributed by atoms with Gasteiger partial charge in [0.05, 0.1) is 5.92 Å². The second-order valence-corrected chi connectivity index (χ2v) is 5.12. The number of nitrogens with zero attached hydrogens (tertiary/aromatic N) is 1. The summed E-state index contributed by atoms with van der Waals surface area (Å²) in [6.07, 6.45) is -1.16. The lowest BCUT2D eigenvalue weighted by atomic mass is 9.86. The van der Waals surface area contributed by atoms with Crippen LogP contribution < -0.4 is 0 Å². The van der Waals surface area contributed by atoms with Crippen LogP contribution >= 0.6 is 0 Å². The molecule has 1 aliphatic carbocycles. The third-order valence-electron chi connectivity index (χ3n) is 3.62. The van der Waals surface area contributed by atoms with Gasteiger partial charge < -0.3 is 4.90 Å². The molecule has 1 saturated carbocycles. The molecule has 2 fully saturated rings. The average Bonchev–Trinajstić information content (AvgIpc) is 3.03. The van der Waals surface area contributed by atoms with E-state index in [2.05, 4.69) is 4.90 Å². The van der Waals surface area contributed by atoms with E-state index in [0.29, 0.717) is 13.1 Å². The van der Waals surface area contributed by atoms with Gasteiger partial charge in [0.15, 0.2) is 0 Å². The number of rotatable bonds is 2. The minimum atomic E-state index is -3.99. The van der Waals surface area contributed by atoms with Gasteiger partial charge in [-0.3, -0.25) is 0 Å². The van der Waals surface area contributed by atoms with Gasteiger partial charge in [0.25, 0.3) is 0 Å². The zero-order chi connectivity index (χ0) is 13.1. The smallest absolute Gasteiger partial charge is 0.303 e. The molecule has 2 atom stereocenters. The fraction of sp³-hybridized carbons (Fsp3) is 1.00. The first-order valence-electron chi connectivity index (χ1n) is 6.76. The van der Waals surface area contributed by atoms with Crippen LogP contribution in [-0.2, 0) is 0 Å². The van der Waals surface area contributed by atoms with Crippen molar-refractivity contribution < 1.29 is 13.2 Å². The molecule has 1 nitrogen and oxygen atoms in total. The van der Waals surface area contributed by atoms with Crippen LogP contribution in [-0.4, -0.2) is 30.7 Å². The van der Waals surface area contributed by atoms with E-state index in [0.717, 1.165) is 12.5 Å². The molecular weight excluding hydrogens is 227 g/mol. The van der Waals surface area contributed by atoms with Crippen LogP contribution in [0.1, 0.15) is 40.0 Å². The largest absolute Gasteiger partial charge is 0.392 e. The molecule has 0 radical (unpaired) electrons. The van der Waals surface area contributed by atoms with Gasteiger partial charge in [0, 0.05) is 13.1 Å². The lowest BCUT2D eigenvalue weighted by molar-refractivity contribution is -0.198. The highest BCUT2D eigenvalue weighted by Crippen LogP contribution is 2.39. The summed E-state index contributed by atoms with van der Waals surface area (Å²) in [6, 6.07) is 0. The maximum Gasteiger partial charge on any atom is 0.392 e. The van der Waals surface area contributed by atoms with E-state index in [1.165, 1.54) is 12.8 Å². The van der Waals surface area contributed by atoms with Gasteiger partial charge in [0.2, 0.25) is 0 Å². The molecule has 17 heavy (non-hydrogen) atoms. The van der Waals surface area contributed by atoms with E-state index in [-0.39, 0.29) is 12.3 Å². The van der Waals surface area contributed by atoms with Crippen LogP contribution in [0.5, 0.6) is 0 Å². The quantitative estimate of drug-likeness (QED) is 0.718. The number of hydrogen-bond acceptors (Lipinski definition) is 1. The van der Waals surface area contributed by atoms with Crippen LogP contribution in [0.3, 0.4) is 0 Å². The zero-order valence-corrected chi connectivity index (χ0v) is 11.1. The first-order valence-corrected chi connectivity index (χ1v) is 6.76. The molecule has 4 heteroatoms. The third kappa shape index (κ3) is 4.49. The van der Waals surface area contributed by atoms with E-state index in [4.69, 9.17) is 0 Å². The Kier molecular flexibility index (Phi) is 5.29. The summed E-state index contributed by atoms with van der Waals surface area (Å²) in [5.74, 6) is -0.537. The van der Waals surface area contributed by atoms with Crippen molar-refractivity contribution in [3.05, 3.63) is 0 Å². The van der Waals surface area contributed by atoms with Gasteiger partial charge in [0.1, 0.15) is 0 Å². The highest BCUT2D eigenvalue weighted by molar-refractivity contribution is 4.85. The van der Waals surface area contributed by atoms with E-state index in [1.54, 1.807) is 6.92 Å². The molecular formula is C13H24F3N. The average molecular weight is 251 g/mol. The van der Waals surface area contributed by atoms with Crippen molar-refractivity contribution in [1.29, 1.82) is 0 Å². The van der Waals surface area contributed by atoms with Gasteiger partial charge in [-0.05, 0) is 37.6 Å². The Morgan fingerprint density at radius 2 is 1.71 bits per heavy atom. The fourth-order valence-corrected chi connectivity index (χ4v) is 2.55. The monoisotopic (exact) mass is 251 g/mol. The summed E-state index contributed by atoms with van der Waals surface area (Å²) in [7, 11) is 0. The standard InChI is InChI=1S/C11H18F3N.C2H6/c1-8-6-15(7-9-2-3-9)5-4-10(8)11(12,13)14;1-2/h8-10H,2-7H2,1H3;1-2H3. The van der Waals surface area contributed by atoms with Gasteiger partial charge in [-0.15, -0.1) is 0 Å². The summed E-state index contributed by atoms with van der Waals surface area (Å²) in [4.78, 5) is 2.21. The molecule has 1 aliphatic heterocycles. The van der Waals surface area contributed by atoms with Gasteiger partial charge >= 0.3 is 6.18 Å². The van der Waals surface area contributed by atoms with Crippen molar-refractivity contribution in [3.8, 4) is 0 Å². The molecule has 2 rings (SSSR count). The van der Waals surface area contributed by atoms with E-state index in [9.17, 15) is 13.2 Å². The first kappa shape index (κ1) is 14.8. The van der Waals surface area contributed by atoms with Crippen LogP contribution in [0.2, 0.25) is 0 Å². The van der Waals surface area contributed by atoms with Gasteiger partial charge in [-0.2, -0.15) is 13.2 Å². The second kappa shape index (κ2) is 6.07. The summed E-state index contributed by atoms with van der Waals surface area (Å²) < 4.78 is 37.7. The minimum absolute atomic E-state index is 0.238. The summed E-state index contributed by atoms with van der Waals surface area (Å²) in [5, 5.41) is 0. The van der Waals surface area contributed by atoms with Crippen molar-refractivity contribution in [1.82, 2.24) is 4.90 Å². The molecule has 0 aromatic rings. The predicted octanol–water partition coefficient (Wildman–Crippen LogP) is 3.94. The van der Waals surface area contributed by atoms with Gasteiger partial charge in [-0.1, -0.05) is 20.8 Å². The minimum Gasteiger partial charge on any atom is -0.303 e. The fourth-order valence-electron chi connectivity index (χ4n) is 2.55. The van der Waals surface area contributed by atoms with Gasteiger partial charge in [-0.25, -0.2) is 0 Å². The molecule has 0 aromatic heterocycles. The van der Waals surface area contributed by atoms with Crippen LogP contribution in [0.4, 0.5) is 13.2 Å². The zero-order valence-electron chi connectivity index (χ0n) is 11.1. The van der Waals surface area contributed by atoms with Crippen molar-refractivity contribution in [3.63, 3.8) is 0 Å². The Morgan fingerprint density at radius 1 is 1.12 bits per heavy atom.